The van der Waals surface area contributed by atoms with Crippen molar-refractivity contribution in [1.29, 1.82) is 0 Å². The highest BCUT2D eigenvalue weighted by Gasteiger charge is 2.20. The highest BCUT2D eigenvalue weighted by atomic mass is 19.1. The summed E-state index contributed by atoms with van der Waals surface area (Å²) in [5.41, 5.74) is 1.58. The lowest BCUT2D eigenvalue weighted by Crippen LogP contribution is -2.03. The Bertz CT molecular complexity index is 885. The first kappa shape index (κ1) is 17.8. The van der Waals surface area contributed by atoms with Crippen molar-refractivity contribution in [3.05, 3.63) is 59.7 Å². The van der Waals surface area contributed by atoms with Gasteiger partial charge >= 0.3 is 0 Å². The minimum absolute atomic E-state index is 0.356. The molecule has 26 heavy (non-hydrogen) atoms. The zero-order valence-electron chi connectivity index (χ0n) is 14.6. The number of aromatic amines is 1. The number of halogens is 1. The molecule has 0 aliphatic heterocycles. The van der Waals surface area contributed by atoms with Crippen LogP contribution < -0.4 is 14.2 Å². The number of imidazole rings is 1. The predicted molar refractivity (Wildman–Crippen MR) is 94.1 cm³/mol. The number of H-pyrrole nitrogens is 1. The lowest BCUT2D eigenvalue weighted by atomic mass is 10.1. The number of aliphatic hydroxyl groups is 1. The van der Waals surface area contributed by atoms with Crippen LogP contribution in [0.2, 0.25) is 0 Å². The third kappa shape index (κ3) is 3.34. The van der Waals surface area contributed by atoms with Crippen LogP contribution in [-0.2, 0) is 0 Å². The summed E-state index contributed by atoms with van der Waals surface area (Å²) in [6.45, 7) is 0. The molecule has 3 rings (SSSR count). The van der Waals surface area contributed by atoms with Gasteiger partial charge in [-0.3, -0.25) is 0 Å². The summed E-state index contributed by atoms with van der Waals surface area (Å²) >= 11 is 0. The van der Waals surface area contributed by atoms with Gasteiger partial charge in [-0.05, 0) is 29.8 Å². The zero-order chi connectivity index (χ0) is 18.7. The van der Waals surface area contributed by atoms with E-state index in [9.17, 15) is 9.50 Å². The van der Waals surface area contributed by atoms with Gasteiger partial charge in [-0.15, -0.1) is 0 Å². The van der Waals surface area contributed by atoms with Gasteiger partial charge in [0.15, 0.2) is 11.5 Å². The van der Waals surface area contributed by atoms with E-state index < -0.39 is 6.10 Å². The van der Waals surface area contributed by atoms with E-state index in [2.05, 4.69) is 9.97 Å². The molecule has 0 saturated carbocycles. The van der Waals surface area contributed by atoms with Crippen molar-refractivity contribution in [1.82, 2.24) is 9.97 Å². The van der Waals surface area contributed by atoms with Gasteiger partial charge in [0.1, 0.15) is 17.7 Å². The highest BCUT2D eigenvalue weighted by Crippen LogP contribution is 2.40. The first-order valence-electron chi connectivity index (χ1n) is 7.86. The van der Waals surface area contributed by atoms with Crippen molar-refractivity contribution >= 4 is 0 Å². The summed E-state index contributed by atoms with van der Waals surface area (Å²) in [4.78, 5) is 7.24. The van der Waals surface area contributed by atoms with Crippen LogP contribution in [0.15, 0.2) is 42.6 Å². The Morgan fingerprint density at radius 3 is 2.31 bits per heavy atom. The number of hydrogen-bond donors (Lipinski definition) is 2. The van der Waals surface area contributed by atoms with Crippen LogP contribution in [0.1, 0.15) is 17.4 Å². The molecule has 136 valence electrons. The molecule has 0 fully saturated rings. The summed E-state index contributed by atoms with van der Waals surface area (Å²) in [7, 11) is 4.52. The molecule has 0 aliphatic rings. The molecule has 0 amide bonds. The van der Waals surface area contributed by atoms with Gasteiger partial charge in [0.25, 0.3) is 0 Å². The van der Waals surface area contributed by atoms with E-state index in [1.165, 1.54) is 39.7 Å². The lowest BCUT2D eigenvalue weighted by molar-refractivity contribution is 0.214. The summed E-state index contributed by atoms with van der Waals surface area (Å²) in [5, 5.41) is 10.7. The number of nitrogens with one attached hydrogen (secondary N) is 1. The maximum absolute atomic E-state index is 13.4. The van der Waals surface area contributed by atoms with Crippen LogP contribution in [0.4, 0.5) is 4.39 Å². The Balaban J connectivity index is 1.96. The third-order valence-electron chi connectivity index (χ3n) is 3.99. The van der Waals surface area contributed by atoms with E-state index in [1.54, 1.807) is 24.3 Å². The average molecular weight is 358 g/mol. The second-order valence-corrected chi connectivity index (χ2v) is 5.56. The van der Waals surface area contributed by atoms with E-state index >= 15 is 0 Å². The van der Waals surface area contributed by atoms with E-state index in [0.29, 0.717) is 39.9 Å². The molecule has 7 heteroatoms. The molecule has 6 nitrogen and oxygen atoms in total. The fraction of sp³-hybridized carbons (Fsp3) is 0.211. The van der Waals surface area contributed by atoms with E-state index in [-0.39, 0.29) is 5.82 Å². The van der Waals surface area contributed by atoms with Crippen LogP contribution >= 0.6 is 0 Å². The number of aliphatic hydroxyl groups excluding tert-OH is 1. The number of ether oxygens (including phenoxy) is 3. The van der Waals surface area contributed by atoms with Crippen molar-refractivity contribution in [2.75, 3.05) is 21.3 Å². The molecule has 0 aliphatic carbocycles. The Hall–Kier alpha value is -3.06. The first-order valence-corrected chi connectivity index (χ1v) is 7.86. The first-order chi connectivity index (χ1) is 12.6. The highest BCUT2D eigenvalue weighted by molar-refractivity contribution is 5.57. The van der Waals surface area contributed by atoms with Crippen molar-refractivity contribution < 1.29 is 23.7 Å². The molecule has 0 radical (unpaired) electrons. The standard InChI is InChI=1S/C19H19FN2O4/c1-24-15-8-12(9-16(25-2)18(15)26-3)17(23)14-10-21-19(22-14)11-5-4-6-13(20)7-11/h4-10,17,23H,1-3H3,(H,21,22). The fourth-order valence-electron chi connectivity index (χ4n) is 2.70. The minimum atomic E-state index is -1.00. The second kappa shape index (κ2) is 7.45. The molecule has 1 aromatic heterocycles. The molecule has 1 heterocycles. The average Bonchev–Trinajstić information content (AvgIpc) is 3.16. The Morgan fingerprint density at radius 1 is 1.04 bits per heavy atom. The SMILES string of the molecule is COc1cc(C(O)c2cnc(-c3cccc(F)c3)[nH]2)cc(OC)c1OC. The summed E-state index contributed by atoms with van der Waals surface area (Å²) in [6, 6.07) is 9.38. The van der Waals surface area contributed by atoms with E-state index in [4.69, 9.17) is 14.2 Å². The third-order valence-corrected chi connectivity index (χ3v) is 3.99. The predicted octanol–water partition coefficient (Wildman–Crippen LogP) is 3.32. The van der Waals surface area contributed by atoms with Crippen molar-refractivity contribution in [2.24, 2.45) is 0 Å². The number of benzene rings is 2. The van der Waals surface area contributed by atoms with Gasteiger partial charge in [-0.2, -0.15) is 0 Å². The van der Waals surface area contributed by atoms with Crippen LogP contribution in [0, 0.1) is 5.82 Å². The van der Waals surface area contributed by atoms with Gasteiger partial charge in [-0.1, -0.05) is 12.1 Å². The Morgan fingerprint density at radius 2 is 1.73 bits per heavy atom. The van der Waals surface area contributed by atoms with Gasteiger partial charge in [0.05, 0.1) is 33.2 Å². The number of rotatable bonds is 6. The smallest absolute Gasteiger partial charge is 0.203 e. The fourth-order valence-corrected chi connectivity index (χ4v) is 2.70. The molecule has 1 unspecified atom stereocenters. The molecule has 2 N–H and O–H groups in total. The lowest BCUT2D eigenvalue weighted by Gasteiger charge is -2.16. The molecule has 0 saturated heterocycles. The van der Waals surface area contributed by atoms with Gasteiger partial charge in [-0.25, -0.2) is 9.37 Å². The zero-order valence-corrected chi connectivity index (χ0v) is 14.6. The number of methoxy groups -OCH3 is 3. The van der Waals surface area contributed by atoms with E-state index in [1.807, 2.05) is 0 Å². The summed E-state index contributed by atoms with van der Waals surface area (Å²) < 4.78 is 29.3. The monoisotopic (exact) mass is 358 g/mol. The molecular formula is C19H19FN2O4. The van der Waals surface area contributed by atoms with Crippen molar-refractivity contribution in [3.63, 3.8) is 0 Å². The Labute approximate surface area is 150 Å². The molecule has 0 bridgehead atoms. The molecule has 1 atom stereocenters. The van der Waals surface area contributed by atoms with Crippen molar-refractivity contribution in [3.8, 4) is 28.6 Å². The molecular weight excluding hydrogens is 339 g/mol. The number of aromatic nitrogens is 2. The summed E-state index contributed by atoms with van der Waals surface area (Å²) in [6.07, 6.45) is 0.507. The normalized spacial score (nSPS) is 11.9. The maximum atomic E-state index is 13.4. The van der Waals surface area contributed by atoms with Crippen molar-refractivity contribution in [2.45, 2.75) is 6.10 Å². The van der Waals surface area contributed by atoms with Gasteiger partial charge in [0, 0.05) is 5.56 Å². The molecule has 2 aromatic carbocycles. The van der Waals surface area contributed by atoms with E-state index in [0.717, 1.165) is 0 Å². The topological polar surface area (TPSA) is 76.6 Å². The quantitative estimate of drug-likeness (QED) is 0.707. The second-order valence-electron chi connectivity index (χ2n) is 5.56. The van der Waals surface area contributed by atoms with Crippen LogP contribution in [0.3, 0.4) is 0 Å². The number of nitrogens with zero attached hydrogens (tertiary/aromatic N) is 1. The summed E-state index contributed by atoms with van der Waals surface area (Å²) in [5.74, 6) is 1.42. The van der Waals surface area contributed by atoms with Crippen LogP contribution in [0.25, 0.3) is 11.4 Å². The molecule has 0 spiro atoms. The van der Waals surface area contributed by atoms with Gasteiger partial charge in [0.2, 0.25) is 5.75 Å². The number of hydrogen-bond acceptors (Lipinski definition) is 5. The maximum Gasteiger partial charge on any atom is 0.203 e. The Kier molecular flexibility index (Phi) is 5.09. The van der Waals surface area contributed by atoms with Crippen LogP contribution in [-0.4, -0.2) is 36.4 Å². The minimum Gasteiger partial charge on any atom is -0.493 e. The van der Waals surface area contributed by atoms with Crippen LogP contribution in [0.5, 0.6) is 17.2 Å². The molecule has 3 aromatic rings. The largest absolute Gasteiger partial charge is 0.493 e. The van der Waals surface area contributed by atoms with Gasteiger partial charge < -0.3 is 24.3 Å².